The minimum absolute atomic E-state index is 0.00239. The Balaban J connectivity index is 1.47. The lowest BCUT2D eigenvalue weighted by atomic mass is 9.92. The van der Waals surface area contributed by atoms with Gasteiger partial charge in [-0.15, -0.1) is 0 Å². The molecule has 2 N–H and O–H groups in total. The van der Waals surface area contributed by atoms with Gasteiger partial charge in [-0.2, -0.15) is 0 Å². The summed E-state index contributed by atoms with van der Waals surface area (Å²) < 4.78 is 0. The average molecular weight is 554 g/mol. The Kier molecular flexibility index (Phi) is 8.45. The number of Topliss-reactive ketones (excluding diaryl/α,β-unsaturated/α-hetero) is 1. The topological polar surface area (TPSA) is 101 Å². The summed E-state index contributed by atoms with van der Waals surface area (Å²) in [5.41, 5.74) is 3.89. The van der Waals surface area contributed by atoms with E-state index in [0.717, 1.165) is 21.9 Å². The Bertz CT molecular complexity index is 1800. The van der Waals surface area contributed by atoms with Crippen molar-refractivity contribution in [2.24, 2.45) is 0 Å². The first kappa shape index (κ1) is 27.9. The van der Waals surface area contributed by atoms with Crippen LogP contribution in [0.4, 0.5) is 0 Å². The van der Waals surface area contributed by atoms with Gasteiger partial charge in [-0.1, -0.05) is 103 Å². The summed E-state index contributed by atoms with van der Waals surface area (Å²) in [5, 5.41) is 13.3. The van der Waals surface area contributed by atoms with Crippen LogP contribution in [-0.2, 0) is 4.79 Å². The fourth-order valence-corrected chi connectivity index (χ4v) is 4.62. The zero-order chi connectivity index (χ0) is 29.5. The number of amides is 1. The zero-order valence-corrected chi connectivity index (χ0v) is 22.6. The Morgan fingerprint density at radius 2 is 1.17 bits per heavy atom. The number of benzene rings is 5. The molecule has 0 atom stereocenters. The van der Waals surface area contributed by atoms with E-state index >= 15 is 0 Å². The molecule has 0 aliphatic rings. The third kappa shape index (κ3) is 6.57. The second-order valence-corrected chi connectivity index (χ2v) is 9.73. The lowest BCUT2D eigenvalue weighted by Gasteiger charge is -2.10. The normalized spacial score (nSPS) is 11.2. The minimum atomic E-state index is -1.01. The summed E-state index contributed by atoms with van der Waals surface area (Å²) in [7, 11) is 0. The van der Waals surface area contributed by atoms with Crippen LogP contribution in [0.25, 0.3) is 27.5 Å². The number of carboxylic acids is 1. The standard InChI is InChI=1S/C36H27NO5/c38-33(31-19-12-25-8-4-5-9-30(25)22-31)23-32(27-13-10-26(11-14-27)24-6-2-1-3-7-24)35(41)28-15-17-29(18-16-28)36(42)37-21-20-34(39)40/h1-19,22-23H,20-21H2,(H,37,42)(H,39,40)/b32-23+. The van der Waals surface area contributed by atoms with Gasteiger partial charge in [0, 0.05) is 28.8 Å². The molecule has 0 saturated carbocycles. The highest BCUT2D eigenvalue weighted by Gasteiger charge is 2.18. The van der Waals surface area contributed by atoms with Crippen molar-refractivity contribution in [3.63, 3.8) is 0 Å². The predicted octanol–water partition coefficient (Wildman–Crippen LogP) is 6.86. The number of nitrogens with one attached hydrogen (secondary N) is 1. The van der Waals surface area contributed by atoms with E-state index in [9.17, 15) is 19.2 Å². The highest BCUT2D eigenvalue weighted by molar-refractivity contribution is 6.33. The Morgan fingerprint density at radius 1 is 0.595 bits per heavy atom. The number of ketones is 2. The van der Waals surface area contributed by atoms with Crippen LogP contribution in [0.15, 0.2) is 127 Å². The van der Waals surface area contributed by atoms with Gasteiger partial charge in [0.2, 0.25) is 0 Å². The van der Waals surface area contributed by atoms with Gasteiger partial charge in [0.1, 0.15) is 0 Å². The van der Waals surface area contributed by atoms with Crippen molar-refractivity contribution in [3.05, 3.63) is 150 Å². The molecule has 0 saturated heterocycles. The first-order valence-electron chi connectivity index (χ1n) is 13.4. The van der Waals surface area contributed by atoms with Crippen LogP contribution in [0.2, 0.25) is 0 Å². The minimum Gasteiger partial charge on any atom is -0.481 e. The third-order valence-corrected chi connectivity index (χ3v) is 6.89. The molecule has 0 unspecified atom stereocenters. The van der Waals surface area contributed by atoms with Gasteiger partial charge in [-0.05, 0) is 51.7 Å². The number of carbonyl (C=O) groups excluding carboxylic acids is 3. The summed E-state index contributed by atoms with van der Waals surface area (Å²) in [5.74, 6) is -2.11. The van der Waals surface area contributed by atoms with E-state index in [1.54, 1.807) is 6.07 Å². The molecule has 0 aliphatic carbocycles. The van der Waals surface area contributed by atoms with Crippen molar-refractivity contribution in [1.82, 2.24) is 5.32 Å². The number of carbonyl (C=O) groups is 4. The Hall–Kier alpha value is -5.62. The van der Waals surface area contributed by atoms with E-state index in [0.29, 0.717) is 22.3 Å². The van der Waals surface area contributed by atoms with Crippen molar-refractivity contribution in [3.8, 4) is 11.1 Å². The van der Waals surface area contributed by atoms with E-state index in [-0.39, 0.29) is 30.1 Å². The van der Waals surface area contributed by atoms with Gasteiger partial charge in [-0.25, -0.2) is 0 Å². The first-order valence-corrected chi connectivity index (χ1v) is 13.4. The molecule has 0 heterocycles. The number of allylic oxidation sites excluding steroid dienone is 2. The van der Waals surface area contributed by atoms with Crippen LogP contribution in [-0.4, -0.2) is 35.1 Å². The summed E-state index contributed by atoms with van der Waals surface area (Å²) in [4.78, 5) is 50.4. The fraction of sp³-hybridized carbons (Fsp3) is 0.0556. The fourth-order valence-electron chi connectivity index (χ4n) is 4.62. The molecule has 0 aromatic heterocycles. The van der Waals surface area contributed by atoms with E-state index < -0.39 is 11.9 Å². The number of hydrogen-bond donors (Lipinski definition) is 2. The Morgan fingerprint density at radius 3 is 1.86 bits per heavy atom. The van der Waals surface area contributed by atoms with Crippen LogP contribution in [0.5, 0.6) is 0 Å². The summed E-state index contributed by atoms with van der Waals surface area (Å²) >= 11 is 0. The summed E-state index contributed by atoms with van der Waals surface area (Å²) in [6.07, 6.45) is 1.18. The molecule has 0 spiro atoms. The van der Waals surface area contributed by atoms with Gasteiger partial charge in [0.25, 0.3) is 5.91 Å². The molecule has 0 radical (unpaired) electrons. The van der Waals surface area contributed by atoms with Crippen molar-refractivity contribution >= 4 is 39.8 Å². The second kappa shape index (κ2) is 12.7. The molecule has 5 aromatic carbocycles. The zero-order valence-electron chi connectivity index (χ0n) is 22.6. The van der Waals surface area contributed by atoms with Gasteiger partial charge < -0.3 is 10.4 Å². The van der Waals surface area contributed by atoms with Gasteiger partial charge in [0.15, 0.2) is 11.6 Å². The maximum absolute atomic E-state index is 13.8. The lowest BCUT2D eigenvalue weighted by molar-refractivity contribution is -0.136. The molecule has 0 aliphatic heterocycles. The monoisotopic (exact) mass is 553 g/mol. The molecular formula is C36H27NO5. The number of carboxylic acid groups (broad SMARTS) is 1. The van der Waals surface area contributed by atoms with Crippen molar-refractivity contribution < 1.29 is 24.3 Å². The molecule has 0 bridgehead atoms. The number of hydrogen-bond acceptors (Lipinski definition) is 4. The van der Waals surface area contributed by atoms with E-state index in [1.807, 2.05) is 91.0 Å². The molecule has 42 heavy (non-hydrogen) atoms. The largest absolute Gasteiger partial charge is 0.481 e. The summed E-state index contributed by atoms with van der Waals surface area (Å²) in [6.45, 7) is -0.00239. The van der Waals surface area contributed by atoms with E-state index in [1.165, 1.54) is 30.3 Å². The molecular weight excluding hydrogens is 526 g/mol. The number of aliphatic carboxylic acids is 1. The maximum atomic E-state index is 13.8. The second-order valence-electron chi connectivity index (χ2n) is 9.73. The molecule has 6 heteroatoms. The third-order valence-electron chi connectivity index (χ3n) is 6.89. The molecule has 5 rings (SSSR count). The molecule has 206 valence electrons. The van der Waals surface area contributed by atoms with E-state index in [4.69, 9.17) is 5.11 Å². The van der Waals surface area contributed by atoms with Crippen LogP contribution >= 0.6 is 0 Å². The van der Waals surface area contributed by atoms with Gasteiger partial charge >= 0.3 is 5.97 Å². The van der Waals surface area contributed by atoms with Crippen molar-refractivity contribution in [2.45, 2.75) is 6.42 Å². The Labute approximate surface area is 243 Å². The number of rotatable bonds is 10. The van der Waals surface area contributed by atoms with Crippen LogP contribution in [0.1, 0.15) is 43.1 Å². The van der Waals surface area contributed by atoms with Crippen molar-refractivity contribution in [2.75, 3.05) is 6.54 Å². The average Bonchev–Trinajstić information content (AvgIpc) is 3.03. The predicted molar refractivity (Wildman–Crippen MR) is 163 cm³/mol. The quantitative estimate of drug-likeness (QED) is 0.145. The first-order chi connectivity index (χ1) is 20.4. The van der Waals surface area contributed by atoms with Crippen LogP contribution in [0, 0.1) is 0 Å². The lowest BCUT2D eigenvalue weighted by Crippen LogP contribution is -2.26. The SMILES string of the molecule is O=C(O)CCNC(=O)c1ccc(C(=O)/C(=C/C(=O)c2ccc3ccccc3c2)c2ccc(-c3ccccc3)cc2)cc1. The smallest absolute Gasteiger partial charge is 0.305 e. The van der Waals surface area contributed by atoms with Crippen LogP contribution < -0.4 is 5.32 Å². The summed E-state index contributed by atoms with van der Waals surface area (Å²) in [6, 6.07) is 36.6. The highest BCUT2D eigenvalue weighted by atomic mass is 16.4. The van der Waals surface area contributed by atoms with Crippen molar-refractivity contribution in [1.29, 1.82) is 0 Å². The maximum Gasteiger partial charge on any atom is 0.305 e. The van der Waals surface area contributed by atoms with Crippen LogP contribution in [0.3, 0.4) is 0 Å². The molecule has 6 nitrogen and oxygen atoms in total. The molecule has 0 fully saturated rings. The molecule has 5 aromatic rings. The van der Waals surface area contributed by atoms with E-state index in [2.05, 4.69) is 5.32 Å². The van der Waals surface area contributed by atoms with Gasteiger partial charge in [0.05, 0.1) is 6.42 Å². The highest BCUT2D eigenvalue weighted by Crippen LogP contribution is 2.26. The number of fused-ring (bicyclic) bond motifs is 1. The van der Waals surface area contributed by atoms with Gasteiger partial charge in [-0.3, -0.25) is 19.2 Å². The molecule has 1 amide bonds.